The Morgan fingerprint density at radius 2 is 2.19 bits per heavy atom. The van der Waals surface area contributed by atoms with E-state index in [0.29, 0.717) is 6.42 Å². The zero-order valence-electron chi connectivity index (χ0n) is 9.14. The average Bonchev–Trinajstić information content (AvgIpc) is 2.34. The molecule has 0 aliphatic heterocycles. The standard InChI is InChI=1S/C12H14N2O2/c1-2-11(8-13)14-12(15)16-9-10-6-4-3-5-7-10/h3-7,11H,2,9H2,1H3,(H,14,15)/t11-/m0/s1. The maximum absolute atomic E-state index is 11.3. The van der Waals surface area contributed by atoms with Gasteiger partial charge in [-0.3, -0.25) is 0 Å². The maximum Gasteiger partial charge on any atom is 0.408 e. The molecule has 0 aromatic heterocycles. The van der Waals surface area contributed by atoms with Crippen LogP contribution in [0.5, 0.6) is 0 Å². The highest BCUT2D eigenvalue weighted by Crippen LogP contribution is 2.00. The SMILES string of the molecule is CC[C@@H](C#N)NC(=O)OCc1ccccc1. The minimum Gasteiger partial charge on any atom is -0.445 e. The fourth-order valence-corrected chi connectivity index (χ4v) is 1.13. The zero-order valence-corrected chi connectivity index (χ0v) is 9.14. The molecule has 4 nitrogen and oxygen atoms in total. The summed E-state index contributed by atoms with van der Waals surface area (Å²) in [5.41, 5.74) is 0.919. The van der Waals surface area contributed by atoms with Gasteiger partial charge in [0.15, 0.2) is 0 Å². The topological polar surface area (TPSA) is 62.1 Å². The van der Waals surface area contributed by atoms with Gasteiger partial charge in [-0.2, -0.15) is 5.26 Å². The monoisotopic (exact) mass is 218 g/mol. The molecule has 0 aliphatic rings. The van der Waals surface area contributed by atoms with Gasteiger partial charge in [-0.25, -0.2) is 4.79 Å². The Morgan fingerprint density at radius 1 is 1.50 bits per heavy atom. The molecule has 0 saturated carbocycles. The van der Waals surface area contributed by atoms with Gasteiger partial charge in [0.25, 0.3) is 0 Å². The van der Waals surface area contributed by atoms with Crippen LogP contribution in [0, 0.1) is 11.3 Å². The van der Waals surface area contributed by atoms with Crippen molar-refractivity contribution in [1.29, 1.82) is 5.26 Å². The smallest absolute Gasteiger partial charge is 0.408 e. The summed E-state index contributed by atoms with van der Waals surface area (Å²) >= 11 is 0. The first-order valence-corrected chi connectivity index (χ1v) is 5.13. The third kappa shape index (κ3) is 4.01. The van der Waals surface area contributed by atoms with Gasteiger partial charge in [0.2, 0.25) is 0 Å². The van der Waals surface area contributed by atoms with E-state index in [1.54, 1.807) is 0 Å². The van der Waals surface area contributed by atoms with E-state index >= 15 is 0 Å². The summed E-state index contributed by atoms with van der Waals surface area (Å²) in [6, 6.07) is 10.9. The van der Waals surface area contributed by atoms with Crippen LogP contribution in [-0.2, 0) is 11.3 Å². The van der Waals surface area contributed by atoms with Gasteiger partial charge < -0.3 is 10.1 Å². The van der Waals surface area contributed by atoms with Crippen molar-refractivity contribution in [3.8, 4) is 6.07 Å². The second-order valence-corrected chi connectivity index (χ2v) is 3.30. The molecule has 1 N–H and O–H groups in total. The number of carbonyl (C=O) groups excluding carboxylic acids is 1. The van der Waals surface area contributed by atoms with E-state index in [0.717, 1.165) is 5.56 Å². The third-order valence-corrected chi connectivity index (χ3v) is 2.07. The van der Waals surface area contributed by atoms with Crippen LogP contribution in [0.3, 0.4) is 0 Å². The maximum atomic E-state index is 11.3. The predicted molar refractivity (Wildman–Crippen MR) is 59.5 cm³/mol. The molecular weight excluding hydrogens is 204 g/mol. The summed E-state index contributed by atoms with van der Waals surface area (Å²) in [5.74, 6) is 0. The molecule has 0 unspecified atom stereocenters. The van der Waals surface area contributed by atoms with Gasteiger partial charge in [0.05, 0.1) is 6.07 Å². The van der Waals surface area contributed by atoms with Crippen molar-refractivity contribution in [2.24, 2.45) is 0 Å². The Labute approximate surface area is 94.8 Å². The predicted octanol–water partition coefficient (Wildman–Crippen LogP) is 2.21. The van der Waals surface area contributed by atoms with Crippen LogP contribution >= 0.6 is 0 Å². The molecule has 0 heterocycles. The van der Waals surface area contributed by atoms with Crippen molar-refractivity contribution in [3.63, 3.8) is 0 Å². The summed E-state index contributed by atoms with van der Waals surface area (Å²) in [6.45, 7) is 2.04. The minimum absolute atomic E-state index is 0.217. The summed E-state index contributed by atoms with van der Waals surface area (Å²) in [6.07, 6.45) is 0.00831. The van der Waals surface area contributed by atoms with Crippen LogP contribution in [0.1, 0.15) is 18.9 Å². The summed E-state index contributed by atoms with van der Waals surface area (Å²) in [5, 5.41) is 11.1. The van der Waals surface area contributed by atoms with Crippen LogP contribution in [-0.4, -0.2) is 12.1 Å². The fourth-order valence-electron chi connectivity index (χ4n) is 1.13. The number of benzene rings is 1. The highest BCUT2D eigenvalue weighted by molar-refractivity contribution is 5.68. The number of ether oxygens (including phenoxy) is 1. The van der Waals surface area contributed by atoms with Crippen molar-refractivity contribution < 1.29 is 9.53 Å². The van der Waals surface area contributed by atoms with Crippen molar-refractivity contribution in [2.75, 3.05) is 0 Å². The molecule has 1 aromatic carbocycles. The second-order valence-electron chi connectivity index (χ2n) is 3.30. The number of amides is 1. The van der Waals surface area contributed by atoms with Gasteiger partial charge in [0, 0.05) is 0 Å². The van der Waals surface area contributed by atoms with E-state index < -0.39 is 12.1 Å². The van der Waals surface area contributed by atoms with Crippen molar-refractivity contribution >= 4 is 6.09 Å². The van der Waals surface area contributed by atoms with Crippen LogP contribution in [0.25, 0.3) is 0 Å². The number of alkyl carbamates (subject to hydrolysis) is 1. The normalized spacial score (nSPS) is 11.2. The Kier molecular flexibility index (Phi) is 4.87. The third-order valence-electron chi connectivity index (χ3n) is 2.07. The lowest BCUT2D eigenvalue weighted by Crippen LogP contribution is -2.33. The molecule has 1 rings (SSSR count). The first kappa shape index (κ1) is 12.1. The average molecular weight is 218 g/mol. The van der Waals surface area contributed by atoms with Gasteiger partial charge in [-0.05, 0) is 12.0 Å². The lowest BCUT2D eigenvalue weighted by molar-refractivity contribution is 0.137. The number of nitriles is 1. The van der Waals surface area contributed by atoms with Crippen LogP contribution < -0.4 is 5.32 Å². The molecule has 4 heteroatoms. The number of hydrogen-bond acceptors (Lipinski definition) is 3. The Morgan fingerprint density at radius 3 is 2.75 bits per heavy atom. The molecule has 1 atom stereocenters. The lowest BCUT2D eigenvalue weighted by atomic mass is 10.2. The summed E-state index contributed by atoms with van der Waals surface area (Å²) < 4.78 is 4.96. The molecule has 1 aromatic rings. The van der Waals surface area contributed by atoms with E-state index in [2.05, 4.69) is 5.32 Å². The Hall–Kier alpha value is -2.02. The number of nitrogens with zero attached hydrogens (tertiary/aromatic N) is 1. The van der Waals surface area contributed by atoms with Gasteiger partial charge >= 0.3 is 6.09 Å². The van der Waals surface area contributed by atoms with Crippen molar-refractivity contribution in [2.45, 2.75) is 26.0 Å². The first-order chi connectivity index (χ1) is 7.76. The fraction of sp³-hybridized carbons (Fsp3) is 0.333. The molecule has 84 valence electrons. The van der Waals surface area contributed by atoms with Crippen molar-refractivity contribution in [1.82, 2.24) is 5.32 Å². The summed E-state index contributed by atoms with van der Waals surface area (Å²) in [4.78, 5) is 11.3. The van der Waals surface area contributed by atoms with E-state index in [-0.39, 0.29) is 6.61 Å². The van der Waals surface area contributed by atoms with Gasteiger partial charge in [0.1, 0.15) is 12.6 Å². The highest BCUT2D eigenvalue weighted by Gasteiger charge is 2.09. The van der Waals surface area contributed by atoms with Crippen molar-refractivity contribution in [3.05, 3.63) is 35.9 Å². The Bertz CT molecular complexity index is 370. The van der Waals surface area contributed by atoms with Gasteiger partial charge in [-0.1, -0.05) is 37.3 Å². The van der Waals surface area contributed by atoms with E-state index in [1.807, 2.05) is 43.3 Å². The second kappa shape index (κ2) is 6.46. The first-order valence-electron chi connectivity index (χ1n) is 5.13. The molecular formula is C12H14N2O2. The van der Waals surface area contributed by atoms with E-state index in [1.165, 1.54) is 0 Å². The molecule has 0 aliphatic carbocycles. The molecule has 0 bridgehead atoms. The number of carbonyl (C=O) groups is 1. The van der Waals surface area contributed by atoms with E-state index in [4.69, 9.17) is 10.00 Å². The number of hydrogen-bond donors (Lipinski definition) is 1. The molecule has 16 heavy (non-hydrogen) atoms. The largest absolute Gasteiger partial charge is 0.445 e. The highest BCUT2D eigenvalue weighted by atomic mass is 16.5. The van der Waals surface area contributed by atoms with Crippen LogP contribution in [0.15, 0.2) is 30.3 Å². The zero-order chi connectivity index (χ0) is 11.8. The number of rotatable bonds is 4. The Balaban J connectivity index is 2.34. The molecule has 0 spiro atoms. The van der Waals surface area contributed by atoms with Crippen LogP contribution in [0.2, 0.25) is 0 Å². The van der Waals surface area contributed by atoms with Gasteiger partial charge in [-0.15, -0.1) is 0 Å². The molecule has 1 amide bonds. The molecule has 0 fully saturated rings. The van der Waals surface area contributed by atoms with E-state index in [9.17, 15) is 4.79 Å². The molecule has 0 saturated heterocycles. The van der Waals surface area contributed by atoms with Crippen LogP contribution in [0.4, 0.5) is 4.79 Å². The lowest BCUT2D eigenvalue weighted by Gasteiger charge is -2.09. The minimum atomic E-state index is -0.558. The summed E-state index contributed by atoms with van der Waals surface area (Å²) in [7, 11) is 0. The molecule has 0 radical (unpaired) electrons. The quantitative estimate of drug-likeness (QED) is 0.842. The number of nitrogens with one attached hydrogen (secondary N) is 1.